The van der Waals surface area contributed by atoms with Gasteiger partial charge in [-0.1, -0.05) is 0 Å². The van der Waals surface area contributed by atoms with Crippen molar-refractivity contribution in [3.63, 3.8) is 0 Å². The van der Waals surface area contributed by atoms with E-state index in [0.29, 0.717) is 17.2 Å². The third-order valence-electron chi connectivity index (χ3n) is 2.24. The van der Waals surface area contributed by atoms with Gasteiger partial charge in [-0.3, -0.25) is 0 Å². The fourth-order valence-corrected chi connectivity index (χ4v) is 2.19. The normalized spacial score (nSPS) is 10.1. The lowest BCUT2D eigenvalue weighted by Gasteiger charge is -2.03. The molecular weight excluding hydrogens is 255 g/mol. The summed E-state index contributed by atoms with van der Waals surface area (Å²) in [6.45, 7) is 0.341. The molecule has 0 radical (unpaired) electrons. The van der Waals surface area contributed by atoms with Gasteiger partial charge in [-0.25, -0.2) is 9.18 Å². The van der Waals surface area contributed by atoms with Crippen LogP contribution in [-0.2, 0) is 11.3 Å². The summed E-state index contributed by atoms with van der Waals surface area (Å²) in [6, 6.07) is 9.29. The van der Waals surface area contributed by atoms with Crippen LogP contribution in [0.25, 0.3) is 0 Å². The van der Waals surface area contributed by atoms with Crippen LogP contribution in [-0.4, -0.2) is 13.1 Å². The van der Waals surface area contributed by atoms with Gasteiger partial charge in [0.2, 0.25) is 0 Å². The van der Waals surface area contributed by atoms with Gasteiger partial charge in [0, 0.05) is 4.88 Å². The van der Waals surface area contributed by atoms with E-state index in [1.54, 1.807) is 24.3 Å². The van der Waals surface area contributed by atoms with Crippen LogP contribution < -0.4 is 4.74 Å². The van der Waals surface area contributed by atoms with Crippen LogP contribution >= 0.6 is 11.3 Å². The zero-order chi connectivity index (χ0) is 13.0. The van der Waals surface area contributed by atoms with Crippen LogP contribution in [0.3, 0.4) is 0 Å². The van der Waals surface area contributed by atoms with Crippen molar-refractivity contribution in [2.24, 2.45) is 0 Å². The first kappa shape index (κ1) is 12.6. The van der Waals surface area contributed by atoms with Gasteiger partial charge in [-0.2, -0.15) is 0 Å². The summed E-state index contributed by atoms with van der Waals surface area (Å²) in [7, 11) is 1.34. The van der Waals surface area contributed by atoms with Gasteiger partial charge in [-0.15, -0.1) is 11.3 Å². The minimum absolute atomic E-state index is 0.300. The molecule has 0 atom stereocenters. The number of esters is 1. The Morgan fingerprint density at radius 1 is 1.22 bits per heavy atom. The predicted molar refractivity (Wildman–Crippen MR) is 66.4 cm³/mol. The number of ether oxygens (including phenoxy) is 2. The first-order valence-electron chi connectivity index (χ1n) is 5.24. The van der Waals surface area contributed by atoms with E-state index in [0.717, 1.165) is 4.88 Å². The predicted octanol–water partition coefficient (Wildman–Crippen LogP) is 3.25. The number of halogens is 1. The number of thiophene rings is 1. The minimum Gasteiger partial charge on any atom is -0.488 e. The summed E-state index contributed by atoms with van der Waals surface area (Å²) in [5.74, 6) is -0.0658. The van der Waals surface area contributed by atoms with Crippen molar-refractivity contribution in [1.82, 2.24) is 0 Å². The molecule has 1 aromatic heterocycles. The molecule has 0 fully saturated rings. The van der Waals surface area contributed by atoms with Gasteiger partial charge in [0.1, 0.15) is 23.1 Å². The van der Waals surface area contributed by atoms with E-state index in [4.69, 9.17) is 4.74 Å². The van der Waals surface area contributed by atoms with E-state index in [2.05, 4.69) is 4.74 Å². The molecular formula is C13H11FO3S. The van der Waals surface area contributed by atoms with Gasteiger partial charge in [0.05, 0.1) is 7.11 Å². The maximum absolute atomic E-state index is 12.7. The number of benzene rings is 1. The molecule has 0 aliphatic carbocycles. The van der Waals surface area contributed by atoms with Crippen molar-refractivity contribution >= 4 is 17.3 Å². The third-order valence-corrected chi connectivity index (χ3v) is 3.28. The fraction of sp³-hybridized carbons (Fsp3) is 0.154. The Bertz CT molecular complexity index is 533. The van der Waals surface area contributed by atoms with E-state index in [-0.39, 0.29) is 11.8 Å². The maximum Gasteiger partial charge on any atom is 0.348 e. The smallest absolute Gasteiger partial charge is 0.348 e. The quantitative estimate of drug-likeness (QED) is 0.797. The Morgan fingerprint density at radius 2 is 1.94 bits per heavy atom. The lowest BCUT2D eigenvalue weighted by atomic mass is 10.3. The molecule has 0 unspecified atom stereocenters. The van der Waals surface area contributed by atoms with Gasteiger partial charge >= 0.3 is 5.97 Å². The Balaban J connectivity index is 1.96. The summed E-state index contributed by atoms with van der Waals surface area (Å²) in [4.78, 5) is 12.7. The average molecular weight is 266 g/mol. The molecule has 2 aromatic rings. The molecule has 0 spiro atoms. The van der Waals surface area contributed by atoms with Crippen LogP contribution in [0.4, 0.5) is 4.39 Å². The Labute approximate surface area is 108 Å². The average Bonchev–Trinajstić information content (AvgIpc) is 2.86. The summed E-state index contributed by atoms with van der Waals surface area (Å²) in [5, 5.41) is 0. The van der Waals surface area contributed by atoms with Crippen LogP contribution in [0.1, 0.15) is 14.5 Å². The van der Waals surface area contributed by atoms with Gasteiger partial charge in [-0.05, 0) is 36.4 Å². The number of methoxy groups -OCH3 is 1. The Morgan fingerprint density at radius 3 is 2.61 bits per heavy atom. The molecule has 0 amide bonds. The highest BCUT2D eigenvalue weighted by molar-refractivity contribution is 7.13. The van der Waals surface area contributed by atoms with E-state index < -0.39 is 0 Å². The van der Waals surface area contributed by atoms with Crippen LogP contribution in [0, 0.1) is 5.82 Å². The molecule has 3 nitrogen and oxygen atoms in total. The van der Waals surface area contributed by atoms with E-state index in [1.165, 1.54) is 30.6 Å². The Kier molecular flexibility index (Phi) is 3.94. The van der Waals surface area contributed by atoms with Crippen molar-refractivity contribution in [3.05, 3.63) is 52.0 Å². The molecule has 0 saturated carbocycles. The Hall–Kier alpha value is -1.88. The second-order valence-corrected chi connectivity index (χ2v) is 4.67. The van der Waals surface area contributed by atoms with Crippen LogP contribution in [0.15, 0.2) is 36.4 Å². The van der Waals surface area contributed by atoms with Crippen LogP contribution in [0.2, 0.25) is 0 Å². The largest absolute Gasteiger partial charge is 0.488 e. The number of rotatable bonds is 4. The molecule has 1 aromatic carbocycles. The first-order chi connectivity index (χ1) is 8.69. The molecule has 0 aliphatic rings. The molecule has 0 aliphatic heterocycles. The number of hydrogen-bond donors (Lipinski definition) is 0. The first-order valence-corrected chi connectivity index (χ1v) is 6.06. The highest BCUT2D eigenvalue weighted by atomic mass is 32.1. The molecule has 5 heteroatoms. The third kappa shape index (κ3) is 3.07. The second kappa shape index (κ2) is 5.64. The minimum atomic E-state index is -0.354. The number of hydrogen-bond acceptors (Lipinski definition) is 4. The van der Waals surface area contributed by atoms with Crippen molar-refractivity contribution in [2.75, 3.05) is 7.11 Å². The van der Waals surface area contributed by atoms with E-state index >= 15 is 0 Å². The molecule has 0 saturated heterocycles. The van der Waals surface area contributed by atoms with Gasteiger partial charge in [0.25, 0.3) is 0 Å². The molecule has 18 heavy (non-hydrogen) atoms. The summed E-state index contributed by atoms with van der Waals surface area (Å²) < 4.78 is 22.8. The zero-order valence-electron chi connectivity index (χ0n) is 9.68. The molecule has 94 valence electrons. The molecule has 0 N–H and O–H groups in total. The maximum atomic E-state index is 12.7. The van der Waals surface area contributed by atoms with Gasteiger partial charge in [0.15, 0.2) is 0 Å². The summed E-state index contributed by atoms with van der Waals surface area (Å²) >= 11 is 1.31. The SMILES string of the molecule is COC(=O)c1ccc(COc2ccc(F)cc2)s1. The van der Waals surface area contributed by atoms with Crippen LogP contribution in [0.5, 0.6) is 5.75 Å². The molecule has 2 rings (SSSR count). The highest BCUT2D eigenvalue weighted by Crippen LogP contribution is 2.20. The fourth-order valence-electron chi connectivity index (χ4n) is 1.35. The number of carbonyl (C=O) groups excluding carboxylic acids is 1. The van der Waals surface area contributed by atoms with Crippen molar-refractivity contribution < 1.29 is 18.7 Å². The molecule has 1 heterocycles. The van der Waals surface area contributed by atoms with Gasteiger partial charge < -0.3 is 9.47 Å². The van der Waals surface area contributed by atoms with Crippen molar-refractivity contribution in [1.29, 1.82) is 0 Å². The zero-order valence-corrected chi connectivity index (χ0v) is 10.5. The van der Waals surface area contributed by atoms with E-state index in [9.17, 15) is 9.18 Å². The van der Waals surface area contributed by atoms with Crippen molar-refractivity contribution in [3.8, 4) is 5.75 Å². The second-order valence-electron chi connectivity index (χ2n) is 3.50. The summed E-state index contributed by atoms with van der Waals surface area (Å²) in [5.41, 5.74) is 0. The monoisotopic (exact) mass is 266 g/mol. The van der Waals surface area contributed by atoms with E-state index in [1.807, 2.05) is 0 Å². The topological polar surface area (TPSA) is 35.5 Å². The highest BCUT2D eigenvalue weighted by Gasteiger charge is 2.09. The molecule has 0 bridgehead atoms. The number of carbonyl (C=O) groups is 1. The van der Waals surface area contributed by atoms with Crippen molar-refractivity contribution in [2.45, 2.75) is 6.61 Å². The summed E-state index contributed by atoms with van der Waals surface area (Å²) in [6.07, 6.45) is 0. The lowest BCUT2D eigenvalue weighted by molar-refractivity contribution is 0.0606. The standard InChI is InChI=1S/C13H11FO3S/c1-16-13(15)12-7-6-11(18-12)8-17-10-4-2-9(14)3-5-10/h2-7H,8H2,1H3. The lowest BCUT2D eigenvalue weighted by Crippen LogP contribution is -1.97.